The zero-order chi connectivity index (χ0) is 15.1. The van der Waals surface area contributed by atoms with Gasteiger partial charge in [0.25, 0.3) is 5.69 Å². The Balaban J connectivity index is 2.50. The molecule has 0 bridgehead atoms. The van der Waals surface area contributed by atoms with Gasteiger partial charge in [0.2, 0.25) is 10.0 Å². The summed E-state index contributed by atoms with van der Waals surface area (Å²) in [6, 6.07) is 2.55. The zero-order valence-electron chi connectivity index (χ0n) is 11.2. The Morgan fingerprint density at radius 1 is 1.35 bits per heavy atom. The van der Waals surface area contributed by atoms with Gasteiger partial charge in [0, 0.05) is 6.07 Å². The van der Waals surface area contributed by atoms with Gasteiger partial charge in [0.05, 0.1) is 17.1 Å². The normalized spacial score (nSPS) is 16.9. The number of sulfonamides is 1. The van der Waals surface area contributed by atoms with Crippen molar-refractivity contribution in [2.45, 2.75) is 37.1 Å². The van der Waals surface area contributed by atoms with Crippen LogP contribution in [0.25, 0.3) is 0 Å². The highest BCUT2D eigenvalue weighted by molar-refractivity contribution is 7.89. The molecule has 1 aliphatic carbocycles. The predicted molar refractivity (Wildman–Crippen MR) is 71.9 cm³/mol. The van der Waals surface area contributed by atoms with Gasteiger partial charge in [-0.1, -0.05) is 0 Å². The summed E-state index contributed by atoms with van der Waals surface area (Å²) in [7, 11) is -4.03. The van der Waals surface area contributed by atoms with Crippen LogP contribution >= 0.6 is 0 Å². The highest BCUT2D eigenvalue weighted by atomic mass is 32.2. The van der Waals surface area contributed by atoms with Gasteiger partial charge in [-0.05, 0) is 43.9 Å². The fourth-order valence-corrected chi connectivity index (χ4v) is 3.61. The number of benzene rings is 1. The zero-order valence-corrected chi connectivity index (χ0v) is 12.0. The maximum Gasteiger partial charge on any atom is 0.289 e. The predicted octanol–water partition coefficient (Wildman–Crippen LogP) is 1.01. The summed E-state index contributed by atoms with van der Waals surface area (Å²) in [5, 5.41) is 20.2. The van der Waals surface area contributed by atoms with Crippen molar-refractivity contribution in [3.05, 3.63) is 33.4 Å². The number of hydrogen-bond acceptors (Lipinski definition) is 5. The lowest BCUT2D eigenvalue weighted by molar-refractivity contribution is -0.387. The number of nitrogens with one attached hydrogen (secondary N) is 1. The van der Waals surface area contributed by atoms with E-state index in [1.54, 1.807) is 13.8 Å². The van der Waals surface area contributed by atoms with E-state index in [1.165, 1.54) is 12.1 Å². The van der Waals surface area contributed by atoms with E-state index in [9.17, 15) is 23.6 Å². The Kier molecular flexibility index (Phi) is 3.57. The number of nitro groups is 1. The van der Waals surface area contributed by atoms with Crippen molar-refractivity contribution in [2.24, 2.45) is 0 Å². The summed E-state index contributed by atoms with van der Waals surface area (Å²) in [6.45, 7) is 3.06. The molecule has 2 rings (SSSR count). The molecule has 0 unspecified atom stereocenters. The van der Waals surface area contributed by atoms with E-state index in [0.717, 1.165) is 0 Å². The number of nitrogens with zero attached hydrogens (tertiary/aromatic N) is 1. The van der Waals surface area contributed by atoms with E-state index in [4.69, 9.17) is 0 Å². The van der Waals surface area contributed by atoms with Crippen molar-refractivity contribution in [1.29, 1.82) is 0 Å². The Hall–Kier alpha value is -1.51. The third-order valence-electron chi connectivity index (χ3n) is 3.57. The van der Waals surface area contributed by atoms with Crippen LogP contribution in [0.2, 0.25) is 0 Å². The molecule has 1 saturated carbocycles. The monoisotopic (exact) mass is 300 g/mol. The van der Waals surface area contributed by atoms with Crippen LogP contribution in [0.5, 0.6) is 0 Å². The van der Waals surface area contributed by atoms with Gasteiger partial charge in [-0.25, -0.2) is 13.1 Å². The topological polar surface area (TPSA) is 110 Å². The van der Waals surface area contributed by atoms with Gasteiger partial charge >= 0.3 is 0 Å². The molecule has 0 atom stereocenters. The van der Waals surface area contributed by atoms with Crippen LogP contribution in [0.4, 0.5) is 5.69 Å². The van der Waals surface area contributed by atoms with Crippen LogP contribution < -0.4 is 4.72 Å². The lowest BCUT2D eigenvalue weighted by Crippen LogP contribution is -2.39. The number of hydrogen-bond donors (Lipinski definition) is 2. The first-order valence-corrected chi connectivity index (χ1v) is 7.60. The molecule has 0 amide bonds. The maximum atomic E-state index is 12.3. The molecule has 0 saturated heterocycles. The lowest BCUT2D eigenvalue weighted by atomic mass is 10.1. The summed E-state index contributed by atoms with van der Waals surface area (Å²) in [5.74, 6) is 0. The van der Waals surface area contributed by atoms with E-state index >= 15 is 0 Å². The fourth-order valence-electron chi connectivity index (χ4n) is 1.92. The summed E-state index contributed by atoms with van der Waals surface area (Å²) in [4.78, 5) is 9.98. The molecule has 110 valence electrons. The van der Waals surface area contributed by atoms with E-state index in [-0.39, 0.29) is 11.5 Å². The number of aliphatic hydroxyl groups excluding tert-OH is 1. The quantitative estimate of drug-likeness (QED) is 0.623. The van der Waals surface area contributed by atoms with Crippen LogP contribution in [-0.4, -0.2) is 30.6 Å². The molecule has 20 heavy (non-hydrogen) atoms. The molecule has 0 heterocycles. The molecular weight excluding hydrogens is 284 g/mol. The lowest BCUT2D eigenvalue weighted by Gasteiger charge is -2.15. The van der Waals surface area contributed by atoms with E-state index in [0.29, 0.717) is 24.0 Å². The molecule has 0 aliphatic heterocycles. The third kappa shape index (κ3) is 2.67. The second-order valence-corrected chi connectivity index (χ2v) is 6.86. The standard InChI is InChI=1S/C12H16N2O5S/c1-8-5-10(14(16)17)11(6-9(8)2)20(18,19)13-12(7-15)3-4-12/h5-6,13,15H,3-4,7H2,1-2H3. The van der Waals surface area contributed by atoms with Crippen LogP contribution in [-0.2, 0) is 10.0 Å². The van der Waals surface area contributed by atoms with Crippen molar-refractivity contribution < 1.29 is 18.4 Å². The maximum absolute atomic E-state index is 12.3. The van der Waals surface area contributed by atoms with Gasteiger partial charge in [0.15, 0.2) is 4.90 Å². The second-order valence-electron chi connectivity index (χ2n) is 5.21. The molecule has 1 fully saturated rings. The summed E-state index contributed by atoms with van der Waals surface area (Å²) < 4.78 is 27.0. The average molecular weight is 300 g/mol. The first kappa shape index (κ1) is 14.9. The minimum atomic E-state index is -4.03. The van der Waals surface area contributed by atoms with Crippen molar-refractivity contribution >= 4 is 15.7 Å². The summed E-state index contributed by atoms with van der Waals surface area (Å²) in [5.41, 5.74) is 0.00369. The Morgan fingerprint density at radius 2 is 1.90 bits per heavy atom. The highest BCUT2D eigenvalue weighted by Crippen LogP contribution is 2.37. The number of aryl methyl sites for hydroxylation is 2. The average Bonchev–Trinajstić information content (AvgIpc) is 3.11. The smallest absolute Gasteiger partial charge is 0.289 e. The second kappa shape index (κ2) is 4.80. The SMILES string of the molecule is Cc1cc([N+](=O)[O-])c(S(=O)(=O)NC2(CO)CC2)cc1C. The first-order chi connectivity index (χ1) is 9.21. The van der Waals surface area contributed by atoms with Crippen LogP contribution in [0.15, 0.2) is 17.0 Å². The summed E-state index contributed by atoms with van der Waals surface area (Å²) >= 11 is 0. The van der Waals surface area contributed by atoms with Crippen molar-refractivity contribution in [3.8, 4) is 0 Å². The molecule has 0 aromatic heterocycles. The Bertz CT molecular complexity index is 665. The minimum Gasteiger partial charge on any atom is -0.394 e. The molecule has 2 N–H and O–H groups in total. The molecule has 0 radical (unpaired) electrons. The molecule has 8 heteroatoms. The molecular formula is C12H16N2O5S. The molecule has 0 spiro atoms. The molecule has 1 aromatic rings. The van der Waals surface area contributed by atoms with Crippen LogP contribution in [0, 0.1) is 24.0 Å². The van der Waals surface area contributed by atoms with Gasteiger partial charge in [-0.3, -0.25) is 10.1 Å². The van der Waals surface area contributed by atoms with Gasteiger partial charge in [-0.2, -0.15) is 0 Å². The number of rotatable bonds is 5. The van der Waals surface area contributed by atoms with Crippen molar-refractivity contribution in [2.75, 3.05) is 6.61 Å². The largest absolute Gasteiger partial charge is 0.394 e. The first-order valence-electron chi connectivity index (χ1n) is 6.11. The minimum absolute atomic E-state index is 0.315. The fraction of sp³-hybridized carbons (Fsp3) is 0.500. The Morgan fingerprint density at radius 3 is 2.35 bits per heavy atom. The Labute approximate surface area is 116 Å². The van der Waals surface area contributed by atoms with Gasteiger partial charge in [-0.15, -0.1) is 0 Å². The third-order valence-corrected chi connectivity index (χ3v) is 5.18. The van der Waals surface area contributed by atoms with Gasteiger partial charge < -0.3 is 5.11 Å². The van der Waals surface area contributed by atoms with Crippen molar-refractivity contribution in [3.63, 3.8) is 0 Å². The van der Waals surface area contributed by atoms with Crippen molar-refractivity contribution in [1.82, 2.24) is 4.72 Å². The van der Waals surface area contributed by atoms with Crippen LogP contribution in [0.1, 0.15) is 24.0 Å². The van der Waals surface area contributed by atoms with E-state index in [1.807, 2.05) is 0 Å². The molecule has 1 aromatic carbocycles. The number of nitro benzene ring substituents is 1. The van der Waals surface area contributed by atoms with Gasteiger partial charge in [0.1, 0.15) is 0 Å². The van der Waals surface area contributed by atoms with E-state index in [2.05, 4.69) is 4.72 Å². The molecule has 7 nitrogen and oxygen atoms in total. The number of aliphatic hydroxyl groups is 1. The molecule has 1 aliphatic rings. The van der Waals surface area contributed by atoms with Crippen LogP contribution in [0.3, 0.4) is 0 Å². The van der Waals surface area contributed by atoms with E-state index < -0.39 is 26.2 Å². The summed E-state index contributed by atoms with van der Waals surface area (Å²) in [6.07, 6.45) is 1.06. The highest BCUT2D eigenvalue weighted by Gasteiger charge is 2.46.